The van der Waals surface area contributed by atoms with Crippen molar-refractivity contribution < 1.29 is 33.5 Å². The van der Waals surface area contributed by atoms with Crippen LogP contribution in [-0.4, -0.2) is 50.8 Å². The van der Waals surface area contributed by atoms with Crippen molar-refractivity contribution in [2.75, 3.05) is 7.11 Å². The Morgan fingerprint density at radius 3 is 2.43 bits per heavy atom. The molecule has 1 heterocycles. The van der Waals surface area contributed by atoms with Crippen LogP contribution in [0.25, 0.3) is 0 Å². The van der Waals surface area contributed by atoms with Gasteiger partial charge < -0.3 is 14.5 Å². The number of rotatable bonds is 3. The van der Waals surface area contributed by atoms with Gasteiger partial charge in [0.25, 0.3) is 0 Å². The molecule has 2 aliphatic rings. The molecule has 116 valence electrons. The Balaban J connectivity index is 2.59. The molecule has 2 rings (SSSR count). The summed E-state index contributed by atoms with van der Waals surface area (Å²) in [5.41, 5.74) is 0. The van der Waals surface area contributed by atoms with Gasteiger partial charge in [-0.15, -0.1) is 0 Å². The third-order valence-corrected chi connectivity index (χ3v) is 5.64. The lowest BCUT2D eigenvalue weighted by molar-refractivity contribution is -0.149. The number of hydrogen-bond acceptors (Lipinski definition) is 5. The van der Waals surface area contributed by atoms with Crippen LogP contribution < -0.4 is 0 Å². The minimum absolute atomic E-state index is 0.0262. The molecule has 2 N–H and O–H groups in total. The molecule has 0 spiro atoms. The van der Waals surface area contributed by atoms with Gasteiger partial charge >= 0.3 is 13.6 Å². The van der Waals surface area contributed by atoms with E-state index in [9.17, 15) is 28.7 Å². The van der Waals surface area contributed by atoms with Gasteiger partial charge in [-0.25, -0.2) is 0 Å². The number of methoxy groups -OCH3 is 1. The summed E-state index contributed by atoms with van der Waals surface area (Å²) in [6.07, 6.45) is 2.93. The Morgan fingerprint density at radius 2 is 1.95 bits per heavy atom. The topological polar surface area (TPSA) is 121 Å². The molecule has 0 unspecified atom stereocenters. The molecule has 1 aliphatic carbocycles. The second-order valence-corrected chi connectivity index (χ2v) is 6.92. The van der Waals surface area contributed by atoms with Crippen molar-refractivity contribution in [3.63, 3.8) is 0 Å². The Bertz CT molecular complexity index is 550. The summed E-state index contributed by atoms with van der Waals surface area (Å²) in [5.74, 6) is -2.20. The Kier molecular flexibility index (Phi) is 4.06. The molecule has 0 radical (unpaired) electrons. The summed E-state index contributed by atoms with van der Waals surface area (Å²) in [5, 5.41) is -2.23. The van der Waals surface area contributed by atoms with E-state index in [1.54, 1.807) is 6.08 Å². The number of allylic oxidation sites excluding steroid dienone is 1. The van der Waals surface area contributed by atoms with E-state index in [1.807, 2.05) is 0 Å². The highest BCUT2D eigenvalue weighted by Gasteiger charge is 2.63. The van der Waals surface area contributed by atoms with Gasteiger partial charge in [0.05, 0.1) is 13.2 Å². The quantitative estimate of drug-likeness (QED) is 0.324. The van der Waals surface area contributed by atoms with Gasteiger partial charge in [0.15, 0.2) is 5.16 Å². The van der Waals surface area contributed by atoms with Crippen LogP contribution in [0, 0.1) is 0 Å². The number of likely N-dealkylation sites (tertiary alicyclic amines) is 1. The number of ether oxygens (including phenoxy) is 1. The third-order valence-electron chi connectivity index (χ3n) is 3.93. The van der Waals surface area contributed by atoms with E-state index in [1.165, 1.54) is 6.08 Å². The number of imide groups is 1. The molecule has 0 aromatic rings. The lowest BCUT2D eigenvalue weighted by atomic mass is 9.87. The summed E-state index contributed by atoms with van der Waals surface area (Å²) >= 11 is 0. The van der Waals surface area contributed by atoms with Gasteiger partial charge in [-0.1, -0.05) is 12.2 Å². The van der Waals surface area contributed by atoms with Gasteiger partial charge in [0, 0.05) is 12.8 Å². The van der Waals surface area contributed by atoms with E-state index in [4.69, 9.17) is 0 Å². The Hall–Kier alpha value is -1.50. The van der Waals surface area contributed by atoms with Gasteiger partial charge in [-0.3, -0.25) is 23.8 Å². The largest absolute Gasteiger partial charge is 0.468 e. The van der Waals surface area contributed by atoms with E-state index >= 15 is 0 Å². The monoisotopic (exact) mass is 317 g/mol. The number of nitrogens with zero attached hydrogens (tertiary/aromatic N) is 1. The van der Waals surface area contributed by atoms with Crippen molar-refractivity contribution in [1.29, 1.82) is 0 Å². The minimum atomic E-state index is -4.98. The van der Waals surface area contributed by atoms with Crippen molar-refractivity contribution in [3.8, 4) is 0 Å². The molecular weight excluding hydrogens is 301 g/mol. The molecule has 2 atom stereocenters. The van der Waals surface area contributed by atoms with Gasteiger partial charge in [0.2, 0.25) is 11.8 Å². The first kappa shape index (κ1) is 15.9. The van der Waals surface area contributed by atoms with Crippen molar-refractivity contribution >= 4 is 25.4 Å². The van der Waals surface area contributed by atoms with Crippen LogP contribution >= 0.6 is 7.60 Å². The fourth-order valence-electron chi connectivity index (χ4n) is 2.88. The molecule has 21 heavy (non-hydrogen) atoms. The average Bonchev–Trinajstić information content (AvgIpc) is 2.75. The summed E-state index contributed by atoms with van der Waals surface area (Å²) in [4.78, 5) is 56.1. The number of carbonyl (C=O) groups is 3. The van der Waals surface area contributed by atoms with Crippen molar-refractivity contribution in [1.82, 2.24) is 4.90 Å². The maximum atomic E-state index is 12.1. The molecular formula is C12H16NO7P. The van der Waals surface area contributed by atoms with Crippen molar-refractivity contribution in [2.24, 2.45) is 0 Å². The molecule has 1 saturated heterocycles. The first-order valence-electron chi connectivity index (χ1n) is 6.41. The van der Waals surface area contributed by atoms with Crippen LogP contribution in [0.3, 0.4) is 0 Å². The number of hydrogen-bond donors (Lipinski definition) is 2. The Labute approximate surface area is 120 Å². The first-order valence-corrected chi connectivity index (χ1v) is 8.02. The molecule has 0 aromatic carbocycles. The summed E-state index contributed by atoms with van der Waals surface area (Å²) in [6.45, 7) is 0. The SMILES string of the molecule is COC(=O)[C@]1(P(=O)(O)O)CCC=C[C@H]1N1C(=O)CCC1=O. The Morgan fingerprint density at radius 1 is 1.38 bits per heavy atom. The smallest absolute Gasteiger partial charge is 0.345 e. The van der Waals surface area contributed by atoms with Crippen LogP contribution in [0.15, 0.2) is 12.2 Å². The van der Waals surface area contributed by atoms with Crippen LogP contribution in [0.1, 0.15) is 25.7 Å². The molecule has 0 aromatic heterocycles. The van der Waals surface area contributed by atoms with E-state index in [0.717, 1.165) is 12.0 Å². The van der Waals surface area contributed by atoms with Gasteiger partial charge in [-0.2, -0.15) is 0 Å². The number of amides is 2. The molecule has 2 amide bonds. The van der Waals surface area contributed by atoms with Crippen molar-refractivity contribution in [3.05, 3.63) is 12.2 Å². The predicted octanol–water partition coefficient (Wildman–Crippen LogP) is -0.0565. The van der Waals surface area contributed by atoms with Crippen molar-refractivity contribution in [2.45, 2.75) is 36.9 Å². The van der Waals surface area contributed by atoms with E-state index < -0.39 is 36.6 Å². The van der Waals surface area contributed by atoms with Crippen LogP contribution in [0.4, 0.5) is 0 Å². The van der Waals surface area contributed by atoms with E-state index in [-0.39, 0.29) is 25.7 Å². The van der Waals surface area contributed by atoms with E-state index in [0.29, 0.717) is 0 Å². The number of carbonyl (C=O) groups excluding carboxylic acids is 3. The summed E-state index contributed by atoms with van der Waals surface area (Å²) < 4.78 is 16.6. The predicted molar refractivity (Wildman–Crippen MR) is 70.0 cm³/mol. The molecule has 1 aliphatic heterocycles. The fourth-order valence-corrected chi connectivity index (χ4v) is 4.17. The zero-order valence-electron chi connectivity index (χ0n) is 11.4. The van der Waals surface area contributed by atoms with Crippen LogP contribution in [0.5, 0.6) is 0 Å². The number of esters is 1. The average molecular weight is 317 g/mol. The lowest BCUT2D eigenvalue weighted by Crippen LogP contribution is -2.59. The molecule has 0 saturated carbocycles. The van der Waals surface area contributed by atoms with Gasteiger partial charge in [-0.05, 0) is 12.8 Å². The first-order chi connectivity index (χ1) is 9.75. The highest BCUT2D eigenvalue weighted by molar-refractivity contribution is 7.55. The third kappa shape index (κ3) is 2.33. The highest BCUT2D eigenvalue weighted by Crippen LogP contribution is 2.58. The normalized spacial score (nSPS) is 29.9. The minimum Gasteiger partial charge on any atom is -0.468 e. The molecule has 1 fully saturated rings. The lowest BCUT2D eigenvalue weighted by Gasteiger charge is -2.42. The molecule has 8 nitrogen and oxygen atoms in total. The fraction of sp³-hybridized carbons (Fsp3) is 0.583. The summed E-state index contributed by atoms with van der Waals surface area (Å²) in [7, 11) is -3.96. The van der Waals surface area contributed by atoms with Crippen LogP contribution in [0.2, 0.25) is 0 Å². The maximum absolute atomic E-state index is 12.1. The van der Waals surface area contributed by atoms with E-state index in [2.05, 4.69) is 4.74 Å². The second kappa shape index (κ2) is 5.36. The maximum Gasteiger partial charge on any atom is 0.345 e. The highest BCUT2D eigenvalue weighted by atomic mass is 31.2. The molecule has 0 bridgehead atoms. The standard InChI is InChI=1S/C12H16NO7P/c1-20-11(16)12(21(17,18)19)7-3-2-4-8(12)13-9(14)5-6-10(13)15/h2,4,8H,3,5-7H2,1H3,(H2,17,18,19)/t8-,12+/m1/s1. The summed E-state index contributed by atoms with van der Waals surface area (Å²) in [6, 6.07) is -1.32. The zero-order chi connectivity index (χ0) is 15.8. The molecule has 9 heteroatoms. The zero-order valence-corrected chi connectivity index (χ0v) is 12.3. The van der Waals surface area contributed by atoms with Crippen LogP contribution in [-0.2, 0) is 23.7 Å². The second-order valence-electron chi connectivity index (χ2n) is 5.03. The van der Waals surface area contributed by atoms with Gasteiger partial charge in [0.1, 0.15) is 0 Å².